The predicted molar refractivity (Wildman–Crippen MR) is 85.2 cm³/mol. The van der Waals surface area contributed by atoms with Crippen LogP contribution in [0.25, 0.3) is 11.4 Å². The maximum absolute atomic E-state index is 14.3. The van der Waals surface area contributed by atoms with Crippen LogP contribution in [-0.4, -0.2) is 16.7 Å². The molecule has 1 aromatic carbocycles. The van der Waals surface area contributed by atoms with Crippen LogP contribution < -0.4 is 4.74 Å². The van der Waals surface area contributed by atoms with Crippen molar-refractivity contribution >= 4 is 0 Å². The smallest absolute Gasteiger partial charge is 0.146 e. The zero-order chi connectivity index (χ0) is 16.1. The highest BCUT2D eigenvalue weighted by Gasteiger charge is 2.64. The summed E-state index contributed by atoms with van der Waals surface area (Å²) in [5.41, 5.74) is 1.01. The molecule has 4 heteroatoms. The first-order valence-electron chi connectivity index (χ1n) is 7.64. The number of benzene rings is 1. The van der Waals surface area contributed by atoms with Crippen molar-refractivity contribution in [2.24, 2.45) is 16.7 Å². The number of hydrogen-bond acceptors (Lipinski definition) is 2. The summed E-state index contributed by atoms with van der Waals surface area (Å²) >= 11 is 0. The van der Waals surface area contributed by atoms with E-state index in [1.54, 1.807) is 25.4 Å². The minimum absolute atomic E-state index is 0.286. The van der Waals surface area contributed by atoms with Crippen molar-refractivity contribution in [2.45, 2.75) is 34.2 Å². The van der Waals surface area contributed by atoms with E-state index >= 15 is 0 Å². The number of methoxy groups -OCH3 is 1. The van der Waals surface area contributed by atoms with E-state index in [0.29, 0.717) is 23.1 Å². The number of ether oxygens (including phenoxy) is 1. The zero-order valence-electron chi connectivity index (χ0n) is 13.9. The highest BCUT2D eigenvalue weighted by molar-refractivity contribution is 5.65. The van der Waals surface area contributed by atoms with Gasteiger partial charge in [-0.15, -0.1) is 0 Å². The average Bonchev–Trinajstić information content (AvgIpc) is 2.83. The summed E-state index contributed by atoms with van der Waals surface area (Å²) in [4.78, 5) is 4.38. The Hall–Kier alpha value is -1.84. The predicted octanol–water partition coefficient (Wildman–Crippen LogP) is 4.38. The molecule has 3 nitrogen and oxygen atoms in total. The molecule has 0 radical (unpaired) electrons. The molecule has 1 heterocycles. The van der Waals surface area contributed by atoms with Gasteiger partial charge in [-0.3, -0.25) is 0 Å². The van der Waals surface area contributed by atoms with Crippen molar-refractivity contribution in [1.82, 2.24) is 9.55 Å². The third-order valence-electron chi connectivity index (χ3n) is 5.83. The van der Waals surface area contributed by atoms with Gasteiger partial charge in [0.25, 0.3) is 0 Å². The van der Waals surface area contributed by atoms with Gasteiger partial charge in [0.2, 0.25) is 0 Å². The molecule has 22 heavy (non-hydrogen) atoms. The van der Waals surface area contributed by atoms with Gasteiger partial charge in [0.15, 0.2) is 0 Å². The van der Waals surface area contributed by atoms with Crippen molar-refractivity contribution in [2.75, 3.05) is 7.11 Å². The largest absolute Gasteiger partial charge is 0.496 e. The molecule has 0 bridgehead atoms. The lowest BCUT2D eigenvalue weighted by Gasteiger charge is -2.13. The molecule has 0 atom stereocenters. The van der Waals surface area contributed by atoms with E-state index < -0.39 is 0 Å². The Morgan fingerprint density at radius 1 is 1.23 bits per heavy atom. The first kappa shape index (κ1) is 15.1. The fraction of sp³-hybridized carbons (Fsp3) is 0.500. The second-order valence-corrected chi connectivity index (χ2v) is 7.22. The Morgan fingerprint density at radius 2 is 1.91 bits per heavy atom. The molecule has 1 aliphatic carbocycles. The van der Waals surface area contributed by atoms with E-state index in [9.17, 15) is 4.39 Å². The maximum atomic E-state index is 14.3. The van der Waals surface area contributed by atoms with Crippen LogP contribution in [0.3, 0.4) is 0 Å². The summed E-state index contributed by atoms with van der Waals surface area (Å²) in [6.07, 6.45) is 3.65. The molecule has 3 rings (SSSR count). The van der Waals surface area contributed by atoms with E-state index in [1.165, 1.54) is 6.07 Å². The lowest BCUT2D eigenvalue weighted by atomic mass is 10.0. The first-order chi connectivity index (χ1) is 10.3. The number of rotatable bonds is 4. The van der Waals surface area contributed by atoms with E-state index in [-0.39, 0.29) is 16.6 Å². The molecular weight excluding hydrogens is 279 g/mol. The number of imidazole rings is 1. The summed E-state index contributed by atoms with van der Waals surface area (Å²) in [5, 5.41) is 0. The lowest BCUT2D eigenvalue weighted by Crippen LogP contribution is -2.07. The quantitative estimate of drug-likeness (QED) is 0.838. The van der Waals surface area contributed by atoms with Crippen LogP contribution in [0.4, 0.5) is 4.39 Å². The van der Waals surface area contributed by atoms with Crippen LogP contribution in [0, 0.1) is 22.6 Å². The van der Waals surface area contributed by atoms with Gasteiger partial charge in [-0.05, 0) is 28.9 Å². The van der Waals surface area contributed by atoms with Crippen molar-refractivity contribution in [3.05, 3.63) is 36.4 Å². The Bertz CT molecular complexity index is 689. The minimum Gasteiger partial charge on any atom is -0.496 e. The van der Waals surface area contributed by atoms with E-state index in [1.807, 2.05) is 10.8 Å². The molecule has 0 N–H and O–H groups in total. The molecule has 1 aromatic heterocycles. The van der Waals surface area contributed by atoms with Gasteiger partial charge in [-0.25, -0.2) is 9.37 Å². The summed E-state index contributed by atoms with van der Waals surface area (Å²) in [7, 11) is 1.55. The number of hydrogen-bond donors (Lipinski definition) is 0. The first-order valence-corrected chi connectivity index (χ1v) is 7.64. The highest BCUT2D eigenvalue weighted by Crippen LogP contribution is 2.69. The standard InChI is InChI=1S/C18H23FN2O/c1-17(2)14(18(17,3)4)11-21-10-9-20-16(21)15-12(19)7-6-8-13(15)22-5/h6-10,14H,11H2,1-5H3. The van der Waals surface area contributed by atoms with Crippen LogP contribution in [0.15, 0.2) is 30.6 Å². The normalized spacial score (nSPS) is 19.2. The molecule has 0 spiro atoms. The van der Waals surface area contributed by atoms with Gasteiger partial charge in [0, 0.05) is 18.9 Å². The molecule has 0 unspecified atom stereocenters. The van der Waals surface area contributed by atoms with Crippen LogP contribution in [0.1, 0.15) is 27.7 Å². The molecule has 1 fully saturated rings. The van der Waals surface area contributed by atoms with Crippen molar-refractivity contribution < 1.29 is 9.13 Å². The Kier molecular flexibility index (Phi) is 3.31. The van der Waals surface area contributed by atoms with Crippen molar-refractivity contribution in [3.63, 3.8) is 0 Å². The summed E-state index contributed by atoms with van der Waals surface area (Å²) in [6.45, 7) is 10.00. The third kappa shape index (κ3) is 2.04. The lowest BCUT2D eigenvalue weighted by molar-refractivity contribution is 0.412. The minimum atomic E-state index is -0.305. The SMILES string of the molecule is COc1cccc(F)c1-c1nccn1CC1C(C)(C)C1(C)C. The van der Waals surface area contributed by atoms with Crippen LogP contribution in [0.5, 0.6) is 5.75 Å². The Balaban J connectivity index is 1.98. The maximum Gasteiger partial charge on any atom is 0.146 e. The molecular formula is C18H23FN2O. The average molecular weight is 302 g/mol. The molecule has 2 aromatic rings. The Labute approximate surface area is 131 Å². The monoisotopic (exact) mass is 302 g/mol. The second-order valence-electron chi connectivity index (χ2n) is 7.22. The Morgan fingerprint density at radius 3 is 2.50 bits per heavy atom. The number of halogens is 1. The van der Waals surface area contributed by atoms with Crippen LogP contribution >= 0.6 is 0 Å². The van der Waals surface area contributed by atoms with E-state index in [4.69, 9.17) is 4.74 Å². The molecule has 0 saturated heterocycles. The van der Waals surface area contributed by atoms with Crippen LogP contribution in [-0.2, 0) is 6.54 Å². The van der Waals surface area contributed by atoms with Crippen molar-refractivity contribution in [1.29, 1.82) is 0 Å². The van der Waals surface area contributed by atoms with Crippen LogP contribution in [0.2, 0.25) is 0 Å². The van der Waals surface area contributed by atoms with Gasteiger partial charge in [0.1, 0.15) is 17.4 Å². The summed E-state index contributed by atoms with van der Waals surface area (Å²) < 4.78 is 21.7. The van der Waals surface area contributed by atoms with Crippen molar-refractivity contribution in [3.8, 4) is 17.1 Å². The fourth-order valence-corrected chi connectivity index (χ4v) is 3.56. The molecule has 0 aliphatic heterocycles. The molecule has 1 aliphatic rings. The van der Waals surface area contributed by atoms with Gasteiger partial charge >= 0.3 is 0 Å². The second kappa shape index (κ2) is 4.83. The van der Waals surface area contributed by atoms with Gasteiger partial charge in [0.05, 0.1) is 12.7 Å². The number of aromatic nitrogens is 2. The summed E-state index contributed by atoms with van der Waals surface area (Å²) in [5.74, 6) is 1.39. The van der Waals surface area contributed by atoms with Gasteiger partial charge in [-0.1, -0.05) is 33.8 Å². The van der Waals surface area contributed by atoms with Gasteiger partial charge < -0.3 is 9.30 Å². The molecule has 0 amide bonds. The molecule has 1 saturated carbocycles. The third-order valence-corrected chi connectivity index (χ3v) is 5.83. The topological polar surface area (TPSA) is 27.1 Å². The van der Waals surface area contributed by atoms with E-state index in [2.05, 4.69) is 32.7 Å². The zero-order valence-corrected chi connectivity index (χ0v) is 13.9. The fourth-order valence-electron chi connectivity index (χ4n) is 3.56. The van der Waals surface area contributed by atoms with E-state index in [0.717, 1.165) is 6.54 Å². The van der Waals surface area contributed by atoms with Gasteiger partial charge in [-0.2, -0.15) is 0 Å². The highest BCUT2D eigenvalue weighted by atomic mass is 19.1. The molecule has 118 valence electrons. The number of nitrogens with zero attached hydrogens (tertiary/aromatic N) is 2. The summed E-state index contributed by atoms with van der Waals surface area (Å²) in [6, 6.07) is 4.86.